The molecule has 0 radical (unpaired) electrons. The van der Waals surface area contributed by atoms with Crippen molar-refractivity contribution in [3.05, 3.63) is 68.7 Å². The maximum atomic E-state index is 6.00. The van der Waals surface area contributed by atoms with Crippen LogP contribution in [-0.4, -0.2) is 13.1 Å². The molecule has 1 fully saturated rings. The molecule has 0 heterocycles. The fourth-order valence-electron chi connectivity index (χ4n) is 3.63. The van der Waals surface area contributed by atoms with E-state index in [0.29, 0.717) is 0 Å². The van der Waals surface area contributed by atoms with E-state index in [4.69, 9.17) is 17.3 Å². The molecule has 2 nitrogen and oxygen atoms in total. The summed E-state index contributed by atoms with van der Waals surface area (Å²) in [6, 6.07) is 14.5. The molecule has 2 atom stereocenters. The first-order valence-electron chi connectivity index (χ1n) is 9.27. The smallest absolute Gasteiger partial charge is 0.0417 e. The van der Waals surface area contributed by atoms with Crippen molar-refractivity contribution >= 4 is 39.7 Å². The van der Waals surface area contributed by atoms with Gasteiger partial charge in [0.05, 0.1) is 0 Å². The van der Waals surface area contributed by atoms with Gasteiger partial charge in [-0.3, -0.25) is 0 Å². The Morgan fingerprint density at radius 2 is 1.96 bits per heavy atom. The average Bonchev–Trinajstić information content (AvgIpc) is 3.09. The van der Waals surface area contributed by atoms with E-state index in [2.05, 4.69) is 57.7 Å². The molecule has 1 aliphatic carbocycles. The molecule has 0 amide bonds. The standard InChI is InChI=1S/C22H26BrClN2/c23-22-12-21(24)9-8-20(22)7-6-16-2-1-3-18(10-16)14-26-15-19-5-4-17(11-19)13-25/h1-3,6-10,12,17,19,26H,4-5,11,13-15,25H2/b7-6+. The molecular formula is C22H26BrClN2. The predicted molar refractivity (Wildman–Crippen MR) is 116 cm³/mol. The van der Waals surface area contributed by atoms with Gasteiger partial charge in [-0.05, 0) is 73.0 Å². The molecule has 0 aliphatic heterocycles. The van der Waals surface area contributed by atoms with Gasteiger partial charge in [-0.25, -0.2) is 0 Å². The first kappa shape index (κ1) is 19.6. The third-order valence-electron chi connectivity index (χ3n) is 5.11. The minimum absolute atomic E-state index is 0.738. The second-order valence-electron chi connectivity index (χ2n) is 7.16. The van der Waals surface area contributed by atoms with Crippen molar-refractivity contribution in [2.45, 2.75) is 25.8 Å². The van der Waals surface area contributed by atoms with Gasteiger partial charge in [0.25, 0.3) is 0 Å². The summed E-state index contributed by atoms with van der Waals surface area (Å²) in [4.78, 5) is 0. The number of halogens is 2. The molecule has 4 heteroatoms. The molecule has 0 saturated heterocycles. The molecule has 138 valence electrons. The van der Waals surface area contributed by atoms with Crippen LogP contribution < -0.4 is 11.1 Å². The normalized spacial score (nSPS) is 20.1. The molecule has 0 aromatic heterocycles. The molecule has 0 bridgehead atoms. The van der Waals surface area contributed by atoms with Gasteiger partial charge >= 0.3 is 0 Å². The summed E-state index contributed by atoms with van der Waals surface area (Å²) in [6.07, 6.45) is 8.14. The summed E-state index contributed by atoms with van der Waals surface area (Å²) >= 11 is 9.56. The molecule has 1 aliphatic rings. The van der Waals surface area contributed by atoms with E-state index in [1.807, 2.05) is 18.2 Å². The summed E-state index contributed by atoms with van der Waals surface area (Å²) < 4.78 is 1.01. The fraction of sp³-hybridized carbons (Fsp3) is 0.364. The Balaban J connectivity index is 1.54. The summed E-state index contributed by atoms with van der Waals surface area (Å²) in [5, 5.41) is 4.36. The van der Waals surface area contributed by atoms with Crippen molar-refractivity contribution in [3.63, 3.8) is 0 Å². The van der Waals surface area contributed by atoms with Crippen molar-refractivity contribution in [3.8, 4) is 0 Å². The van der Waals surface area contributed by atoms with Gasteiger partial charge in [0.15, 0.2) is 0 Å². The highest BCUT2D eigenvalue weighted by atomic mass is 79.9. The van der Waals surface area contributed by atoms with Crippen molar-refractivity contribution in [1.82, 2.24) is 5.32 Å². The number of nitrogens with two attached hydrogens (primary N) is 1. The highest BCUT2D eigenvalue weighted by Gasteiger charge is 2.22. The van der Waals surface area contributed by atoms with Crippen molar-refractivity contribution in [2.24, 2.45) is 17.6 Å². The Morgan fingerprint density at radius 3 is 2.73 bits per heavy atom. The zero-order chi connectivity index (χ0) is 18.4. The van der Waals surface area contributed by atoms with Crippen molar-refractivity contribution in [2.75, 3.05) is 13.1 Å². The molecule has 1 saturated carbocycles. The molecule has 2 unspecified atom stereocenters. The summed E-state index contributed by atoms with van der Waals surface area (Å²) in [5.74, 6) is 1.52. The SMILES string of the molecule is NCC1CCC(CNCc2cccc(/C=C/c3ccc(Cl)cc3Br)c2)C1. The van der Waals surface area contributed by atoms with Crippen LogP contribution in [0.2, 0.25) is 5.02 Å². The third-order valence-corrected chi connectivity index (χ3v) is 6.04. The van der Waals surface area contributed by atoms with Crippen LogP contribution in [0.4, 0.5) is 0 Å². The minimum atomic E-state index is 0.738. The lowest BCUT2D eigenvalue weighted by atomic mass is 10.0. The summed E-state index contributed by atoms with van der Waals surface area (Å²) in [6.45, 7) is 2.85. The van der Waals surface area contributed by atoms with Gasteiger partial charge in [-0.1, -0.05) is 70.0 Å². The number of benzene rings is 2. The lowest BCUT2D eigenvalue weighted by Gasteiger charge is -2.12. The van der Waals surface area contributed by atoms with Crippen LogP contribution in [0.1, 0.15) is 36.0 Å². The molecule has 2 aromatic carbocycles. The van der Waals surface area contributed by atoms with Crippen LogP contribution >= 0.6 is 27.5 Å². The van der Waals surface area contributed by atoms with Gasteiger partial charge in [0.2, 0.25) is 0 Å². The quantitative estimate of drug-likeness (QED) is 0.547. The van der Waals surface area contributed by atoms with Crippen LogP contribution in [0.25, 0.3) is 12.2 Å². The average molecular weight is 434 g/mol. The Morgan fingerprint density at radius 1 is 1.12 bits per heavy atom. The van der Waals surface area contributed by atoms with E-state index < -0.39 is 0 Å². The van der Waals surface area contributed by atoms with Gasteiger partial charge in [-0.15, -0.1) is 0 Å². The Hall–Kier alpha value is -1.13. The highest BCUT2D eigenvalue weighted by Crippen LogP contribution is 2.29. The van der Waals surface area contributed by atoms with Gasteiger partial charge in [-0.2, -0.15) is 0 Å². The number of hydrogen-bond acceptors (Lipinski definition) is 2. The summed E-state index contributed by atoms with van der Waals surface area (Å²) in [5.41, 5.74) is 9.42. The highest BCUT2D eigenvalue weighted by molar-refractivity contribution is 9.10. The lowest BCUT2D eigenvalue weighted by Crippen LogP contribution is -2.21. The number of hydrogen-bond donors (Lipinski definition) is 2. The van der Waals surface area contributed by atoms with E-state index >= 15 is 0 Å². The van der Waals surface area contributed by atoms with Crippen molar-refractivity contribution < 1.29 is 0 Å². The maximum Gasteiger partial charge on any atom is 0.0417 e. The first-order valence-corrected chi connectivity index (χ1v) is 10.4. The molecular weight excluding hydrogens is 408 g/mol. The second kappa shape index (κ2) is 9.70. The van der Waals surface area contributed by atoms with Gasteiger partial charge in [0, 0.05) is 16.0 Å². The molecule has 3 rings (SSSR count). The van der Waals surface area contributed by atoms with E-state index in [1.165, 1.54) is 30.4 Å². The fourth-order valence-corrected chi connectivity index (χ4v) is 4.44. The number of nitrogens with one attached hydrogen (secondary N) is 1. The largest absolute Gasteiger partial charge is 0.330 e. The van der Waals surface area contributed by atoms with E-state index in [1.54, 1.807) is 0 Å². The van der Waals surface area contributed by atoms with E-state index in [0.717, 1.165) is 46.5 Å². The number of rotatable bonds is 7. The van der Waals surface area contributed by atoms with Gasteiger partial charge in [0.1, 0.15) is 0 Å². The lowest BCUT2D eigenvalue weighted by molar-refractivity contribution is 0.462. The van der Waals surface area contributed by atoms with Crippen molar-refractivity contribution in [1.29, 1.82) is 0 Å². The van der Waals surface area contributed by atoms with E-state index in [9.17, 15) is 0 Å². The van der Waals surface area contributed by atoms with Crippen LogP contribution in [0.3, 0.4) is 0 Å². The van der Waals surface area contributed by atoms with Crippen LogP contribution in [-0.2, 0) is 6.54 Å². The molecule has 26 heavy (non-hydrogen) atoms. The first-order chi connectivity index (χ1) is 12.6. The summed E-state index contributed by atoms with van der Waals surface area (Å²) in [7, 11) is 0. The van der Waals surface area contributed by atoms with Crippen LogP contribution in [0, 0.1) is 11.8 Å². The van der Waals surface area contributed by atoms with Gasteiger partial charge < -0.3 is 11.1 Å². The molecule has 2 aromatic rings. The zero-order valence-electron chi connectivity index (χ0n) is 14.9. The molecule has 3 N–H and O–H groups in total. The Kier molecular flexibility index (Phi) is 7.32. The second-order valence-corrected chi connectivity index (χ2v) is 8.45. The minimum Gasteiger partial charge on any atom is -0.330 e. The Bertz CT molecular complexity index is 760. The topological polar surface area (TPSA) is 38.0 Å². The van der Waals surface area contributed by atoms with Crippen LogP contribution in [0.5, 0.6) is 0 Å². The van der Waals surface area contributed by atoms with E-state index in [-0.39, 0.29) is 0 Å². The zero-order valence-corrected chi connectivity index (χ0v) is 17.3. The Labute approximate surface area is 170 Å². The third kappa shape index (κ3) is 5.68. The molecule has 0 spiro atoms. The van der Waals surface area contributed by atoms with Crippen LogP contribution in [0.15, 0.2) is 46.9 Å². The monoisotopic (exact) mass is 432 g/mol. The predicted octanol–water partition coefficient (Wildman–Crippen LogP) is 5.74. The maximum absolute atomic E-state index is 6.00.